The van der Waals surface area contributed by atoms with Crippen molar-refractivity contribution in [2.75, 3.05) is 18.8 Å². The summed E-state index contributed by atoms with van der Waals surface area (Å²) in [6, 6.07) is -0.886. The van der Waals surface area contributed by atoms with Gasteiger partial charge in [0.15, 0.2) is 0 Å². The van der Waals surface area contributed by atoms with Gasteiger partial charge in [0.1, 0.15) is 6.04 Å². The number of carboxylic acids is 1. The number of piperidine rings is 1. The molecule has 2 atom stereocenters. The summed E-state index contributed by atoms with van der Waals surface area (Å²) in [6.07, 6.45) is 1.77. The quantitative estimate of drug-likeness (QED) is 0.492. The molecule has 5 nitrogen and oxygen atoms in total. The molecule has 15 heavy (non-hydrogen) atoms. The van der Waals surface area contributed by atoms with Gasteiger partial charge in [0.25, 0.3) is 0 Å². The first-order valence-electron chi connectivity index (χ1n) is 5.00. The Hall–Kier alpha value is -0.750. The van der Waals surface area contributed by atoms with Crippen molar-refractivity contribution in [1.82, 2.24) is 10.6 Å². The maximum absolute atomic E-state index is 11.6. The van der Waals surface area contributed by atoms with E-state index in [0.717, 1.165) is 19.4 Å². The van der Waals surface area contributed by atoms with E-state index in [4.69, 9.17) is 5.11 Å². The number of carbonyl (C=O) groups is 2. The van der Waals surface area contributed by atoms with Gasteiger partial charge >= 0.3 is 5.97 Å². The normalized spacial score (nSPS) is 23.1. The molecule has 86 valence electrons. The number of nitrogens with one attached hydrogen (secondary N) is 2. The van der Waals surface area contributed by atoms with Crippen molar-refractivity contribution < 1.29 is 14.7 Å². The molecule has 1 amide bonds. The lowest BCUT2D eigenvalue weighted by Gasteiger charge is -2.23. The highest BCUT2D eigenvalue weighted by atomic mass is 32.1. The molecule has 1 fully saturated rings. The van der Waals surface area contributed by atoms with Crippen molar-refractivity contribution in [3.63, 3.8) is 0 Å². The van der Waals surface area contributed by atoms with Crippen LogP contribution in [0.4, 0.5) is 0 Å². The fourth-order valence-corrected chi connectivity index (χ4v) is 1.80. The minimum Gasteiger partial charge on any atom is -0.480 e. The van der Waals surface area contributed by atoms with Gasteiger partial charge in [-0.2, -0.15) is 12.6 Å². The topological polar surface area (TPSA) is 78.4 Å². The molecule has 1 unspecified atom stereocenters. The van der Waals surface area contributed by atoms with Gasteiger partial charge in [0, 0.05) is 12.3 Å². The minimum absolute atomic E-state index is 0.111. The van der Waals surface area contributed by atoms with Gasteiger partial charge in [0.05, 0.1) is 5.92 Å². The average molecular weight is 232 g/mol. The summed E-state index contributed by atoms with van der Waals surface area (Å²) in [5.41, 5.74) is 0. The summed E-state index contributed by atoms with van der Waals surface area (Å²) in [4.78, 5) is 22.3. The van der Waals surface area contributed by atoms with E-state index >= 15 is 0 Å². The fraction of sp³-hybridized carbons (Fsp3) is 0.778. The zero-order valence-electron chi connectivity index (χ0n) is 8.40. The van der Waals surface area contributed by atoms with E-state index in [0.29, 0.717) is 6.54 Å². The number of rotatable bonds is 4. The molecular weight excluding hydrogens is 216 g/mol. The summed E-state index contributed by atoms with van der Waals surface area (Å²) in [5.74, 6) is -1.23. The Kier molecular flexibility index (Phi) is 4.90. The molecule has 0 saturated carbocycles. The summed E-state index contributed by atoms with van der Waals surface area (Å²) in [6.45, 7) is 1.56. The zero-order chi connectivity index (χ0) is 11.3. The van der Waals surface area contributed by atoms with E-state index in [9.17, 15) is 9.59 Å². The number of aliphatic carboxylic acids is 1. The Morgan fingerprint density at radius 1 is 1.60 bits per heavy atom. The predicted molar refractivity (Wildman–Crippen MR) is 59.0 cm³/mol. The monoisotopic (exact) mass is 232 g/mol. The van der Waals surface area contributed by atoms with Crippen LogP contribution in [-0.4, -0.2) is 41.9 Å². The molecule has 0 aliphatic carbocycles. The van der Waals surface area contributed by atoms with Gasteiger partial charge in [0.2, 0.25) is 5.91 Å². The SMILES string of the molecule is O=C(N[C@@H](CS)C(=O)O)C1CCCNC1. The second kappa shape index (κ2) is 5.97. The molecule has 0 aromatic heterocycles. The number of hydrogen-bond acceptors (Lipinski definition) is 4. The third kappa shape index (κ3) is 3.71. The highest BCUT2D eigenvalue weighted by Gasteiger charge is 2.25. The van der Waals surface area contributed by atoms with Gasteiger partial charge in [-0.05, 0) is 19.4 Å². The standard InChI is InChI=1S/C9H16N2O3S/c12-8(6-2-1-3-10-4-6)11-7(5-15)9(13)14/h6-7,10,15H,1-5H2,(H,11,12)(H,13,14)/t6?,7-/m0/s1. The van der Waals surface area contributed by atoms with Gasteiger partial charge in [-0.15, -0.1) is 0 Å². The Morgan fingerprint density at radius 3 is 2.80 bits per heavy atom. The Morgan fingerprint density at radius 2 is 2.33 bits per heavy atom. The molecule has 1 heterocycles. The molecular formula is C9H16N2O3S. The third-order valence-corrected chi connectivity index (χ3v) is 2.83. The Bertz CT molecular complexity index is 242. The molecule has 6 heteroatoms. The lowest BCUT2D eigenvalue weighted by atomic mass is 9.98. The first kappa shape index (κ1) is 12.3. The molecule has 0 bridgehead atoms. The van der Waals surface area contributed by atoms with E-state index in [-0.39, 0.29) is 17.6 Å². The van der Waals surface area contributed by atoms with E-state index in [1.54, 1.807) is 0 Å². The highest BCUT2D eigenvalue weighted by Crippen LogP contribution is 2.10. The van der Waals surface area contributed by atoms with Crippen LogP contribution in [-0.2, 0) is 9.59 Å². The zero-order valence-corrected chi connectivity index (χ0v) is 9.30. The van der Waals surface area contributed by atoms with Crippen LogP contribution in [0, 0.1) is 5.92 Å². The molecule has 0 aromatic carbocycles. The van der Waals surface area contributed by atoms with Crippen LogP contribution in [0.15, 0.2) is 0 Å². The number of amides is 1. The lowest BCUT2D eigenvalue weighted by Crippen LogP contribution is -2.48. The summed E-state index contributed by atoms with van der Waals surface area (Å²) in [5, 5.41) is 14.3. The van der Waals surface area contributed by atoms with Crippen molar-refractivity contribution in [1.29, 1.82) is 0 Å². The van der Waals surface area contributed by atoms with Crippen LogP contribution < -0.4 is 10.6 Å². The number of carboxylic acid groups (broad SMARTS) is 1. The maximum Gasteiger partial charge on any atom is 0.327 e. The van der Waals surface area contributed by atoms with E-state index in [1.165, 1.54) is 0 Å². The van der Waals surface area contributed by atoms with Crippen molar-refractivity contribution in [2.24, 2.45) is 5.92 Å². The second-order valence-electron chi connectivity index (χ2n) is 3.63. The van der Waals surface area contributed by atoms with Crippen molar-refractivity contribution in [3.05, 3.63) is 0 Å². The molecule has 0 spiro atoms. The number of hydrogen-bond donors (Lipinski definition) is 4. The smallest absolute Gasteiger partial charge is 0.327 e. The molecule has 1 saturated heterocycles. The van der Waals surface area contributed by atoms with Crippen LogP contribution in [0.1, 0.15) is 12.8 Å². The summed E-state index contributed by atoms with van der Waals surface area (Å²) in [7, 11) is 0. The minimum atomic E-state index is -1.04. The lowest BCUT2D eigenvalue weighted by molar-refractivity contribution is -0.141. The molecule has 1 aliphatic rings. The van der Waals surface area contributed by atoms with Crippen LogP contribution in [0.2, 0.25) is 0 Å². The van der Waals surface area contributed by atoms with E-state index in [1.807, 2.05) is 0 Å². The van der Waals surface area contributed by atoms with Crippen molar-refractivity contribution >= 4 is 24.5 Å². The van der Waals surface area contributed by atoms with Crippen LogP contribution >= 0.6 is 12.6 Å². The fourth-order valence-electron chi connectivity index (χ4n) is 1.55. The largest absolute Gasteiger partial charge is 0.480 e. The van der Waals surface area contributed by atoms with Crippen molar-refractivity contribution in [2.45, 2.75) is 18.9 Å². The molecule has 1 rings (SSSR count). The van der Waals surface area contributed by atoms with Gasteiger partial charge in [-0.3, -0.25) is 4.79 Å². The third-order valence-electron chi connectivity index (χ3n) is 2.46. The Labute approximate surface area is 94.0 Å². The van der Waals surface area contributed by atoms with Crippen LogP contribution in [0.5, 0.6) is 0 Å². The molecule has 1 aliphatic heterocycles. The molecule has 0 radical (unpaired) electrons. The van der Waals surface area contributed by atoms with Crippen molar-refractivity contribution in [3.8, 4) is 0 Å². The molecule has 3 N–H and O–H groups in total. The number of carbonyl (C=O) groups excluding carboxylic acids is 1. The van der Waals surface area contributed by atoms with E-state index in [2.05, 4.69) is 23.3 Å². The maximum atomic E-state index is 11.6. The van der Waals surface area contributed by atoms with Crippen LogP contribution in [0.25, 0.3) is 0 Å². The number of thiol groups is 1. The first-order valence-corrected chi connectivity index (χ1v) is 5.63. The first-order chi connectivity index (χ1) is 7.15. The highest BCUT2D eigenvalue weighted by molar-refractivity contribution is 7.80. The predicted octanol–water partition coefficient (Wildman–Crippen LogP) is -0.515. The molecule has 0 aromatic rings. The van der Waals surface area contributed by atoms with Gasteiger partial charge in [-0.1, -0.05) is 0 Å². The summed E-state index contributed by atoms with van der Waals surface area (Å²) < 4.78 is 0. The average Bonchev–Trinajstić information content (AvgIpc) is 2.26. The van der Waals surface area contributed by atoms with Crippen LogP contribution in [0.3, 0.4) is 0 Å². The summed E-state index contributed by atoms with van der Waals surface area (Å²) >= 11 is 3.88. The van der Waals surface area contributed by atoms with Gasteiger partial charge < -0.3 is 15.7 Å². The Balaban J connectivity index is 2.42. The van der Waals surface area contributed by atoms with Gasteiger partial charge in [-0.25, -0.2) is 4.79 Å². The van der Waals surface area contributed by atoms with E-state index < -0.39 is 12.0 Å². The second-order valence-corrected chi connectivity index (χ2v) is 3.99.